The zero-order chi connectivity index (χ0) is 9.97. The average molecular weight is 233 g/mol. The Morgan fingerprint density at radius 3 is 2.79 bits per heavy atom. The third-order valence-electron chi connectivity index (χ3n) is 2.02. The zero-order valence-corrected chi connectivity index (χ0v) is 8.96. The number of rotatable bonds is 1. The van der Waals surface area contributed by atoms with Gasteiger partial charge in [0.2, 0.25) is 5.28 Å². The van der Waals surface area contributed by atoms with Crippen molar-refractivity contribution in [3.05, 3.63) is 11.5 Å². The number of halogens is 1. The predicted molar refractivity (Wildman–Crippen MR) is 54.9 cm³/mol. The number of hydrogen-bond donors (Lipinski definition) is 0. The van der Waals surface area contributed by atoms with Gasteiger partial charge in [-0.25, -0.2) is 0 Å². The first-order valence-electron chi connectivity index (χ1n) is 4.21. The number of hydrogen-bond acceptors (Lipinski definition) is 5. The van der Waals surface area contributed by atoms with Crippen molar-refractivity contribution in [3.8, 4) is 0 Å². The number of anilines is 1. The highest BCUT2D eigenvalue weighted by Gasteiger charge is 2.16. The molecule has 1 aliphatic rings. The van der Waals surface area contributed by atoms with Crippen LogP contribution in [-0.2, 0) is 10.8 Å². The quantitative estimate of drug-likeness (QED) is 0.687. The molecule has 0 saturated carbocycles. The van der Waals surface area contributed by atoms with Gasteiger partial charge in [-0.2, -0.15) is 10.1 Å². The molecule has 1 fully saturated rings. The van der Waals surface area contributed by atoms with Crippen molar-refractivity contribution in [2.24, 2.45) is 0 Å². The second-order valence-corrected chi connectivity index (χ2v) is 4.95. The van der Waals surface area contributed by atoms with Gasteiger partial charge in [-0.05, 0) is 11.6 Å². The summed E-state index contributed by atoms with van der Waals surface area (Å²) in [5, 5.41) is 7.43. The molecule has 0 aromatic carbocycles. The molecule has 0 atom stereocenters. The monoisotopic (exact) mass is 232 g/mol. The molecule has 2 rings (SSSR count). The maximum absolute atomic E-state index is 11.1. The van der Waals surface area contributed by atoms with Crippen LogP contribution in [0.3, 0.4) is 0 Å². The summed E-state index contributed by atoms with van der Waals surface area (Å²) >= 11 is 5.62. The summed E-state index contributed by atoms with van der Waals surface area (Å²) in [7, 11) is -0.678. The largest absolute Gasteiger partial charge is 0.353 e. The minimum Gasteiger partial charge on any atom is -0.353 e. The maximum Gasteiger partial charge on any atom is 0.244 e. The van der Waals surface area contributed by atoms with Crippen molar-refractivity contribution in [2.45, 2.75) is 0 Å². The van der Waals surface area contributed by atoms with Crippen molar-refractivity contribution >= 4 is 28.2 Å². The molecule has 1 aromatic rings. The van der Waals surface area contributed by atoms with E-state index in [0.29, 0.717) is 17.3 Å². The van der Waals surface area contributed by atoms with Crippen molar-refractivity contribution in [3.63, 3.8) is 0 Å². The molecule has 0 bridgehead atoms. The molecule has 14 heavy (non-hydrogen) atoms. The normalized spacial score (nSPS) is 18.5. The fourth-order valence-corrected chi connectivity index (χ4v) is 2.48. The molecule has 0 N–H and O–H groups in total. The fourth-order valence-electron chi connectivity index (χ4n) is 1.29. The van der Waals surface area contributed by atoms with Gasteiger partial charge in [0.15, 0.2) is 5.82 Å². The molecule has 0 spiro atoms. The Morgan fingerprint density at radius 2 is 2.14 bits per heavy atom. The van der Waals surface area contributed by atoms with E-state index >= 15 is 0 Å². The minimum absolute atomic E-state index is 0.147. The van der Waals surface area contributed by atoms with Crippen molar-refractivity contribution in [2.75, 3.05) is 29.5 Å². The van der Waals surface area contributed by atoms with E-state index in [1.54, 1.807) is 6.20 Å². The lowest BCUT2D eigenvalue weighted by Gasteiger charge is -2.26. The lowest BCUT2D eigenvalue weighted by molar-refractivity contribution is 0.672. The van der Waals surface area contributed by atoms with Gasteiger partial charge < -0.3 is 4.90 Å². The Bertz CT molecular complexity index is 351. The van der Waals surface area contributed by atoms with E-state index in [9.17, 15) is 4.21 Å². The highest BCUT2D eigenvalue weighted by Crippen LogP contribution is 2.12. The smallest absolute Gasteiger partial charge is 0.244 e. The van der Waals surface area contributed by atoms with Crippen LogP contribution in [0.25, 0.3) is 0 Å². The van der Waals surface area contributed by atoms with Gasteiger partial charge in [0, 0.05) is 35.4 Å². The summed E-state index contributed by atoms with van der Waals surface area (Å²) in [5.41, 5.74) is 0. The van der Waals surface area contributed by atoms with Crippen LogP contribution in [0.5, 0.6) is 0 Å². The van der Waals surface area contributed by atoms with E-state index < -0.39 is 10.8 Å². The van der Waals surface area contributed by atoms with E-state index in [4.69, 9.17) is 11.6 Å². The first kappa shape index (κ1) is 9.79. The van der Waals surface area contributed by atoms with E-state index in [1.807, 2.05) is 4.90 Å². The maximum atomic E-state index is 11.1. The van der Waals surface area contributed by atoms with Crippen molar-refractivity contribution in [1.29, 1.82) is 0 Å². The second-order valence-electron chi connectivity index (χ2n) is 2.92. The van der Waals surface area contributed by atoms with Gasteiger partial charge >= 0.3 is 0 Å². The molecule has 76 valence electrons. The number of nitrogens with zero attached hydrogens (tertiary/aromatic N) is 4. The Morgan fingerprint density at radius 1 is 1.43 bits per heavy atom. The molecule has 2 heterocycles. The first-order chi connectivity index (χ1) is 6.75. The Labute approximate surface area is 89.0 Å². The SMILES string of the molecule is O=S1CCN(c2cnnc(Cl)n2)CC1. The van der Waals surface area contributed by atoms with E-state index in [2.05, 4.69) is 15.2 Å². The Balaban J connectivity index is 2.12. The molecule has 0 radical (unpaired) electrons. The van der Waals surface area contributed by atoms with Gasteiger partial charge in [-0.15, -0.1) is 5.10 Å². The highest BCUT2D eigenvalue weighted by atomic mass is 35.5. The van der Waals surface area contributed by atoms with Crippen LogP contribution in [0.15, 0.2) is 6.20 Å². The summed E-state index contributed by atoms with van der Waals surface area (Å²) in [5.74, 6) is 2.07. The fraction of sp³-hybridized carbons (Fsp3) is 0.571. The molecule has 1 saturated heterocycles. The summed E-state index contributed by atoms with van der Waals surface area (Å²) in [6.07, 6.45) is 1.57. The molecule has 1 aromatic heterocycles. The topological polar surface area (TPSA) is 59.0 Å². The molecule has 0 amide bonds. The molecule has 7 heteroatoms. The van der Waals surface area contributed by atoms with Crippen LogP contribution in [-0.4, -0.2) is 44.0 Å². The van der Waals surface area contributed by atoms with Gasteiger partial charge in [0.25, 0.3) is 0 Å². The van der Waals surface area contributed by atoms with Gasteiger partial charge in [-0.1, -0.05) is 0 Å². The minimum atomic E-state index is -0.678. The van der Waals surface area contributed by atoms with Crippen LogP contribution >= 0.6 is 11.6 Å². The molecular formula is C7H9ClN4OS. The standard InChI is InChI=1S/C7H9ClN4OS/c8-7-10-6(5-9-11-7)12-1-3-14(13)4-2-12/h5H,1-4H2. The van der Waals surface area contributed by atoms with Gasteiger partial charge in [0.05, 0.1) is 6.20 Å². The van der Waals surface area contributed by atoms with Crippen LogP contribution in [0.1, 0.15) is 0 Å². The Hall–Kier alpha value is -0.750. The lowest BCUT2D eigenvalue weighted by atomic mass is 10.5. The van der Waals surface area contributed by atoms with Crippen LogP contribution < -0.4 is 4.90 Å². The van der Waals surface area contributed by atoms with Crippen LogP contribution in [0.4, 0.5) is 5.82 Å². The van der Waals surface area contributed by atoms with Gasteiger partial charge in [0.1, 0.15) is 0 Å². The Kier molecular flexibility index (Phi) is 2.93. The first-order valence-corrected chi connectivity index (χ1v) is 6.07. The molecular weight excluding hydrogens is 224 g/mol. The van der Waals surface area contributed by atoms with Crippen molar-refractivity contribution < 1.29 is 4.21 Å². The third kappa shape index (κ3) is 2.19. The van der Waals surface area contributed by atoms with E-state index in [0.717, 1.165) is 13.1 Å². The highest BCUT2D eigenvalue weighted by molar-refractivity contribution is 7.85. The molecule has 1 aliphatic heterocycles. The third-order valence-corrected chi connectivity index (χ3v) is 3.46. The van der Waals surface area contributed by atoms with Crippen molar-refractivity contribution in [1.82, 2.24) is 15.2 Å². The second kappa shape index (κ2) is 4.18. The zero-order valence-electron chi connectivity index (χ0n) is 7.39. The predicted octanol–water partition coefficient (Wildman–Crippen LogP) is 0.0937. The molecule has 0 unspecified atom stereocenters. The van der Waals surface area contributed by atoms with E-state index in [-0.39, 0.29) is 5.28 Å². The van der Waals surface area contributed by atoms with Crippen LogP contribution in [0, 0.1) is 0 Å². The average Bonchev–Trinajstić information content (AvgIpc) is 2.19. The van der Waals surface area contributed by atoms with Crippen LogP contribution in [0.2, 0.25) is 5.28 Å². The number of aromatic nitrogens is 3. The summed E-state index contributed by atoms with van der Waals surface area (Å²) in [6.45, 7) is 1.48. The molecule has 0 aliphatic carbocycles. The summed E-state index contributed by atoms with van der Waals surface area (Å²) < 4.78 is 11.1. The lowest BCUT2D eigenvalue weighted by Crippen LogP contribution is -2.38. The molecule has 5 nitrogen and oxygen atoms in total. The van der Waals surface area contributed by atoms with E-state index in [1.165, 1.54) is 0 Å². The summed E-state index contributed by atoms with van der Waals surface area (Å²) in [6, 6.07) is 0. The summed E-state index contributed by atoms with van der Waals surface area (Å²) in [4.78, 5) is 6.06. The van der Waals surface area contributed by atoms with Gasteiger partial charge in [-0.3, -0.25) is 4.21 Å².